The van der Waals surface area contributed by atoms with Gasteiger partial charge >= 0.3 is 0 Å². The number of halogens is 1. The van der Waals surface area contributed by atoms with E-state index in [1.165, 1.54) is 6.42 Å². The van der Waals surface area contributed by atoms with Crippen LogP contribution in [0.25, 0.3) is 0 Å². The van der Waals surface area contributed by atoms with E-state index >= 15 is 0 Å². The van der Waals surface area contributed by atoms with Crippen LogP contribution in [0.4, 0.5) is 4.39 Å². The monoisotopic (exact) mass is 145 g/mol. The lowest BCUT2D eigenvalue weighted by Gasteiger charge is -2.04. The Labute approximate surface area is 63.8 Å². The van der Waals surface area contributed by atoms with Crippen LogP contribution < -0.4 is 0 Å². The van der Waals surface area contributed by atoms with E-state index < -0.39 is 6.17 Å². The Morgan fingerprint density at radius 3 is 2.50 bits per heavy atom. The molecule has 0 N–H and O–H groups in total. The summed E-state index contributed by atoms with van der Waals surface area (Å²) in [5.74, 6) is 0. The van der Waals surface area contributed by atoms with Crippen molar-refractivity contribution in [1.29, 1.82) is 0 Å². The van der Waals surface area contributed by atoms with Gasteiger partial charge in [0.05, 0.1) is 0 Å². The SMILES string of the molecule is [CH2]CCC(F)CCCCC. The molecule has 0 aromatic carbocycles. The summed E-state index contributed by atoms with van der Waals surface area (Å²) in [6.07, 6.45) is 4.90. The zero-order chi connectivity index (χ0) is 7.82. The molecule has 1 unspecified atom stereocenters. The molecule has 0 aliphatic heterocycles. The summed E-state index contributed by atoms with van der Waals surface area (Å²) in [5.41, 5.74) is 0. The van der Waals surface area contributed by atoms with Crippen molar-refractivity contribution in [1.82, 2.24) is 0 Å². The quantitative estimate of drug-likeness (QED) is 0.502. The van der Waals surface area contributed by atoms with E-state index in [9.17, 15) is 4.39 Å². The maximum Gasteiger partial charge on any atom is 0.100 e. The zero-order valence-electron chi connectivity index (χ0n) is 6.91. The van der Waals surface area contributed by atoms with E-state index in [2.05, 4.69) is 13.8 Å². The maximum atomic E-state index is 12.7. The zero-order valence-corrected chi connectivity index (χ0v) is 6.91. The molecular formula is C9H18F. The van der Waals surface area contributed by atoms with Gasteiger partial charge in [-0.05, 0) is 12.8 Å². The average molecular weight is 145 g/mol. The highest BCUT2D eigenvalue weighted by Gasteiger charge is 2.02. The Morgan fingerprint density at radius 2 is 2.00 bits per heavy atom. The summed E-state index contributed by atoms with van der Waals surface area (Å²) in [6, 6.07) is 0. The Morgan fingerprint density at radius 1 is 1.30 bits per heavy atom. The van der Waals surface area contributed by atoms with Crippen LogP contribution in [0.3, 0.4) is 0 Å². The second-order valence-corrected chi connectivity index (χ2v) is 2.74. The lowest BCUT2D eigenvalue weighted by atomic mass is 10.1. The molecule has 0 aliphatic carbocycles. The summed E-state index contributed by atoms with van der Waals surface area (Å²) in [6.45, 7) is 5.75. The third-order valence-electron chi connectivity index (χ3n) is 1.64. The molecule has 0 saturated carbocycles. The predicted molar refractivity (Wildman–Crippen MR) is 43.6 cm³/mol. The van der Waals surface area contributed by atoms with E-state index in [0.717, 1.165) is 25.7 Å². The van der Waals surface area contributed by atoms with Gasteiger partial charge in [0.15, 0.2) is 0 Å². The molecule has 0 bridgehead atoms. The summed E-state index contributed by atoms with van der Waals surface area (Å²) in [5, 5.41) is 0. The van der Waals surface area contributed by atoms with Crippen molar-refractivity contribution in [2.75, 3.05) is 0 Å². The van der Waals surface area contributed by atoms with Crippen LogP contribution in [0.5, 0.6) is 0 Å². The molecule has 0 heterocycles. The third-order valence-corrected chi connectivity index (χ3v) is 1.64. The lowest BCUT2D eigenvalue weighted by molar-refractivity contribution is 0.289. The van der Waals surface area contributed by atoms with Crippen molar-refractivity contribution in [3.8, 4) is 0 Å². The number of unbranched alkanes of at least 4 members (excludes halogenated alkanes) is 2. The minimum Gasteiger partial charge on any atom is -0.247 e. The first-order valence-electron chi connectivity index (χ1n) is 4.24. The van der Waals surface area contributed by atoms with Crippen LogP contribution in [0, 0.1) is 6.92 Å². The summed E-state index contributed by atoms with van der Waals surface area (Å²) in [7, 11) is 0. The molecule has 0 saturated heterocycles. The van der Waals surface area contributed by atoms with Crippen LogP contribution in [0.1, 0.15) is 45.4 Å². The van der Waals surface area contributed by atoms with Crippen LogP contribution >= 0.6 is 0 Å². The molecule has 0 fully saturated rings. The fraction of sp³-hybridized carbons (Fsp3) is 0.889. The fourth-order valence-corrected chi connectivity index (χ4v) is 0.982. The van der Waals surface area contributed by atoms with E-state index in [4.69, 9.17) is 0 Å². The summed E-state index contributed by atoms with van der Waals surface area (Å²) in [4.78, 5) is 0. The highest BCUT2D eigenvalue weighted by atomic mass is 19.1. The molecule has 10 heavy (non-hydrogen) atoms. The van der Waals surface area contributed by atoms with Gasteiger partial charge in [-0.25, -0.2) is 4.39 Å². The van der Waals surface area contributed by atoms with Crippen molar-refractivity contribution >= 4 is 0 Å². The first kappa shape index (κ1) is 9.93. The van der Waals surface area contributed by atoms with E-state index in [1.807, 2.05) is 0 Å². The summed E-state index contributed by atoms with van der Waals surface area (Å²) >= 11 is 0. The number of hydrogen-bond donors (Lipinski definition) is 0. The molecule has 1 heteroatoms. The van der Waals surface area contributed by atoms with Gasteiger partial charge in [-0.2, -0.15) is 0 Å². The van der Waals surface area contributed by atoms with Crippen molar-refractivity contribution in [3.63, 3.8) is 0 Å². The molecule has 0 nitrogen and oxygen atoms in total. The van der Waals surface area contributed by atoms with Gasteiger partial charge in [0.2, 0.25) is 0 Å². The van der Waals surface area contributed by atoms with Crippen LogP contribution in [0.2, 0.25) is 0 Å². The Hall–Kier alpha value is -0.0700. The largest absolute Gasteiger partial charge is 0.247 e. The van der Waals surface area contributed by atoms with Crippen molar-refractivity contribution in [2.45, 2.75) is 51.6 Å². The number of rotatable bonds is 6. The molecular weight excluding hydrogens is 127 g/mol. The van der Waals surface area contributed by atoms with Gasteiger partial charge in [0, 0.05) is 0 Å². The molecule has 61 valence electrons. The highest BCUT2D eigenvalue weighted by Crippen LogP contribution is 2.10. The normalized spacial score (nSPS) is 13.5. The van der Waals surface area contributed by atoms with Gasteiger partial charge in [-0.3, -0.25) is 0 Å². The van der Waals surface area contributed by atoms with Crippen molar-refractivity contribution < 1.29 is 4.39 Å². The van der Waals surface area contributed by atoms with Gasteiger partial charge in [-0.15, -0.1) is 0 Å². The third kappa shape index (κ3) is 6.06. The topological polar surface area (TPSA) is 0 Å². The molecule has 0 aliphatic rings. The Bertz CT molecular complexity index is 61.7. The number of hydrogen-bond acceptors (Lipinski definition) is 0. The summed E-state index contributed by atoms with van der Waals surface area (Å²) < 4.78 is 12.7. The Balaban J connectivity index is 2.97. The molecule has 1 atom stereocenters. The first-order chi connectivity index (χ1) is 4.81. The van der Waals surface area contributed by atoms with Crippen molar-refractivity contribution in [2.24, 2.45) is 0 Å². The minimum atomic E-state index is -0.593. The smallest absolute Gasteiger partial charge is 0.100 e. The fourth-order valence-electron chi connectivity index (χ4n) is 0.982. The molecule has 0 spiro atoms. The minimum absolute atomic E-state index is 0.593. The van der Waals surface area contributed by atoms with Crippen LogP contribution in [-0.4, -0.2) is 6.17 Å². The first-order valence-corrected chi connectivity index (χ1v) is 4.24. The molecule has 0 aromatic rings. The molecule has 1 radical (unpaired) electrons. The van der Waals surface area contributed by atoms with Crippen LogP contribution in [-0.2, 0) is 0 Å². The lowest BCUT2D eigenvalue weighted by Crippen LogP contribution is -1.98. The molecule has 0 aromatic heterocycles. The molecule has 0 rings (SSSR count). The second-order valence-electron chi connectivity index (χ2n) is 2.74. The Kier molecular flexibility index (Phi) is 6.99. The van der Waals surface area contributed by atoms with Gasteiger partial charge in [-0.1, -0.05) is 39.5 Å². The van der Waals surface area contributed by atoms with E-state index in [0.29, 0.717) is 6.42 Å². The second kappa shape index (κ2) is 7.04. The van der Waals surface area contributed by atoms with E-state index in [-0.39, 0.29) is 0 Å². The van der Waals surface area contributed by atoms with Gasteiger partial charge in [0.1, 0.15) is 6.17 Å². The maximum absolute atomic E-state index is 12.7. The molecule has 0 amide bonds. The highest BCUT2D eigenvalue weighted by molar-refractivity contribution is 4.56. The standard InChI is InChI=1S/C9H18F/c1-3-5-6-8-9(10)7-4-2/h9H,2-8H2,1H3. The van der Waals surface area contributed by atoms with Gasteiger partial charge in [0.25, 0.3) is 0 Å². The van der Waals surface area contributed by atoms with E-state index in [1.54, 1.807) is 0 Å². The van der Waals surface area contributed by atoms with Crippen molar-refractivity contribution in [3.05, 3.63) is 6.92 Å². The number of alkyl halides is 1. The predicted octanol–water partition coefficient (Wildman–Crippen LogP) is 3.52. The van der Waals surface area contributed by atoms with Crippen LogP contribution in [0.15, 0.2) is 0 Å². The average Bonchev–Trinajstić information content (AvgIpc) is 1.89. The van der Waals surface area contributed by atoms with Gasteiger partial charge < -0.3 is 0 Å².